The number of nitrogens with zero attached hydrogens (tertiary/aromatic N) is 2. The largest absolute Gasteiger partial charge is 0.464 e. The fourth-order valence-electron chi connectivity index (χ4n) is 5.46. The minimum atomic E-state index is -0.618. The zero-order valence-corrected chi connectivity index (χ0v) is 24.0. The number of imide groups is 1. The van der Waals surface area contributed by atoms with E-state index in [1.807, 2.05) is 69.3 Å². The number of furan rings is 1. The quantitative estimate of drug-likeness (QED) is 0.336. The second-order valence-corrected chi connectivity index (χ2v) is 12.2. The molecule has 3 atom stereocenters. The third kappa shape index (κ3) is 6.13. The fourth-order valence-corrected chi connectivity index (χ4v) is 5.82. The Labute approximate surface area is 236 Å². The van der Waals surface area contributed by atoms with Crippen LogP contribution >= 0.6 is 15.9 Å². The van der Waals surface area contributed by atoms with Crippen molar-refractivity contribution in [3.63, 3.8) is 0 Å². The Hall–Kier alpha value is -3.33. The summed E-state index contributed by atoms with van der Waals surface area (Å²) in [5.41, 5.74) is 2.02. The molecular weight excluding hydrogens is 564 g/mol. The minimum Gasteiger partial charge on any atom is -0.464 e. The zero-order chi connectivity index (χ0) is 27.7. The second kappa shape index (κ2) is 11.0. The van der Waals surface area contributed by atoms with Gasteiger partial charge in [-0.3, -0.25) is 4.79 Å². The van der Waals surface area contributed by atoms with Gasteiger partial charge in [0.1, 0.15) is 17.8 Å². The van der Waals surface area contributed by atoms with E-state index in [1.165, 1.54) is 4.90 Å². The lowest BCUT2D eigenvalue weighted by atomic mass is 9.84. The molecule has 0 N–H and O–H groups in total. The molecule has 2 aromatic carbocycles. The minimum absolute atomic E-state index is 0.155. The van der Waals surface area contributed by atoms with Gasteiger partial charge in [0, 0.05) is 28.9 Å². The molecule has 0 unspecified atom stereocenters. The van der Waals surface area contributed by atoms with Crippen molar-refractivity contribution in [2.45, 2.75) is 51.7 Å². The van der Waals surface area contributed by atoms with Crippen molar-refractivity contribution >= 4 is 45.0 Å². The Bertz CT molecular complexity index is 1360. The van der Waals surface area contributed by atoms with E-state index in [1.54, 1.807) is 11.2 Å². The first kappa shape index (κ1) is 27.2. The second-order valence-electron chi connectivity index (χ2n) is 11.3. The van der Waals surface area contributed by atoms with Gasteiger partial charge >= 0.3 is 12.2 Å². The van der Waals surface area contributed by atoms with Crippen molar-refractivity contribution in [1.29, 1.82) is 0 Å². The first-order valence-corrected chi connectivity index (χ1v) is 14.1. The molecule has 39 heavy (non-hydrogen) atoms. The van der Waals surface area contributed by atoms with E-state index in [0.717, 1.165) is 26.6 Å². The highest BCUT2D eigenvalue weighted by molar-refractivity contribution is 9.10. The number of rotatable bonds is 6. The molecule has 3 heterocycles. The number of cyclic esters (lactones) is 1. The van der Waals surface area contributed by atoms with Crippen LogP contribution in [0, 0.1) is 11.8 Å². The van der Waals surface area contributed by atoms with Crippen molar-refractivity contribution in [1.82, 2.24) is 9.80 Å². The van der Waals surface area contributed by atoms with Crippen LogP contribution in [-0.2, 0) is 27.1 Å². The highest BCUT2D eigenvalue weighted by atomic mass is 79.9. The summed E-state index contributed by atoms with van der Waals surface area (Å²) in [5.74, 6) is -0.993. The molecule has 0 spiro atoms. The molecular formula is C30H33BrN2O6. The van der Waals surface area contributed by atoms with Gasteiger partial charge in [0.25, 0.3) is 0 Å². The molecule has 0 saturated carbocycles. The molecule has 0 bridgehead atoms. The van der Waals surface area contributed by atoms with Gasteiger partial charge < -0.3 is 18.8 Å². The van der Waals surface area contributed by atoms with E-state index < -0.39 is 29.7 Å². The summed E-state index contributed by atoms with van der Waals surface area (Å²) in [7, 11) is 0. The van der Waals surface area contributed by atoms with Gasteiger partial charge in [-0.25, -0.2) is 14.5 Å². The van der Waals surface area contributed by atoms with Gasteiger partial charge in [-0.1, -0.05) is 46.3 Å². The molecule has 2 fully saturated rings. The van der Waals surface area contributed by atoms with Crippen LogP contribution in [0.3, 0.4) is 0 Å². The van der Waals surface area contributed by atoms with Gasteiger partial charge in [-0.15, -0.1) is 0 Å². The third-order valence-electron chi connectivity index (χ3n) is 7.33. The van der Waals surface area contributed by atoms with Crippen LogP contribution in [-0.4, -0.2) is 59.2 Å². The Kier molecular flexibility index (Phi) is 7.71. The van der Waals surface area contributed by atoms with Crippen LogP contribution in [0.5, 0.6) is 0 Å². The van der Waals surface area contributed by atoms with Gasteiger partial charge in [0.05, 0.1) is 12.3 Å². The van der Waals surface area contributed by atoms with E-state index in [4.69, 9.17) is 13.9 Å². The molecule has 9 heteroatoms. The predicted molar refractivity (Wildman–Crippen MR) is 149 cm³/mol. The molecule has 3 amide bonds. The summed E-state index contributed by atoms with van der Waals surface area (Å²) >= 11 is 3.53. The van der Waals surface area contributed by atoms with Crippen LogP contribution in [0.1, 0.15) is 38.3 Å². The summed E-state index contributed by atoms with van der Waals surface area (Å²) in [5, 5.41) is 0.911. The summed E-state index contributed by atoms with van der Waals surface area (Å²) in [6, 6.07) is 15.1. The monoisotopic (exact) mass is 596 g/mol. The molecule has 3 aromatic rings. The molecule has 0 radical (unpaired) electrons. The maximum atomic E-state index is 14.2. The summed E-state index contributed by atoms with van der Waals surface area (Å²) in [6.07, 6.45) is 2.19. The van der Waals surface area contributed by atoms with Gasteiger partial charge in [0.15, 0.2) is 0 Å². The molecule has 1 aromatic heterocycles. The van der Waals surface area contributed by atoms with E-state index in [2.05, 4.69) is 15.9 Å². The highest BCUT2D eigenvalue weighted by Gasteiger charge is 2.45. The Morgan fingerprint density at radius 3 is 2.67 bits per heavy atom. The number of carbonyl (C=O) groups excluding carboxylic acids is 3. The number of fused-ring (bicyclic) bond motifs is 1. The Morgan fingerprint density at radius 1 is 1.15 bits per heavy atom. The van der Waals surface area contributed by atoms with Crippen molar-refractivity contribution in [2.24, 2.45) is 11.8 Å². The highest BCUT2D eigenvalue weighted by Crippen LogP contribution is 2.35. The van der Waals surface area contributed by atoms with Crippen molar-refractivity contribution < 1.29 is 28.3 Å². The SMILES string of the molecule is CC(C)(C)OC(=O)N1CC[C@H]([C@H](Cc2coc3ccc(Br)cc23)C(=O)N2C(=O)OC[C@H]2Cc2ccccc2)C1. The van der Waals surface area contributed by atoms with Gasteiger partial charge in [-0.2, -0.15) is 0 Å². The lowest BCUT2D eigenvalue weighted by Crippen LogP contribution is -2.46. The standard InChI is InChI=1S/C30H33BrN2O6/c1-30(2,3)39-28(35)32-12-11-20(16-32)25(14-21-17-37-26-10-9-22(31)15-24(21)26)27(34)33-23(18-38-29(33)36)13-19-7-5-4-6-8-19/h4-10,15,17,20,23,25H,11-14,16,18H2,1-3H3/t20-,23+,25-/m0/s1. The number of amides is 3. The summed E-state index contributed by atoms with van der Waals surface area (Å²) < 4.78 is 17.7. The number of ether oxygens (including phenoxy) is 2. The maximum absolute atomic E-state index is 14.2. The average molecular weight is 598 g/mol. The molecule has 2 saturated heterocycles. The van der Waals surface area contributed by atoms with E-state index in [0.29, 0.717) is 32.4 Å². The normalized spacial score (nSPS) is 20.4. The molecule has 206 valence electrons. The van der Waals surface area contributed by atoms with Crippen LogP contribution in [0.2, 0.25) is 0 Å². The van der Waals surface area contributed by atoms with Gasteiger partial charge in [0.2, 0.25) is 5.91 Å². The average Bonchev–Trinajstić information content (AvgIpc) is 3.61. The zero-order valence-electron chi connectivity index (χ0n) is 22.4. The Morgan fingerprint density at radius 2 is 1.92 bits per heavy atom. The van der Waals surface area contributed by atoms with Crippen molar-refractivity contribution in [3.05, 3.63) is 70.4 Å². The van der Waals surface area contributed by atoms with Crippen molar-refractivity contribution in [2.75, 3.05) is 19.7 Å². The van der Waals surface area contributed by atoms with Gasteiger partial charge in [-0.05, 0) is 75.3 Å². The molecule has 0 aliphatic carbocycles. The van der Waals surface area contributed by atoms with Crippen LogP contribution in [0.15, 0.2) is 63.7 Å². The molecule has 5 rings (SSSR count). The first-order chi connectivity index (χ1) is 18.6. The molecule has 8 nitrogen and oxygen atoms in total. The number of likely N-dealkylation sites (tertiary alicyclic amines) is 1. The van der Waals surface area contributed by atoms with Crippen LogP contribution in [0.25, 0.3) is 11.0 Å². The van der Waals surface area contributed by atoms with E-state index in [-0.39, 0.29) is 18.4 Å². The van der Waals surface area contributed by atoms with E-state index in [9.17, 15) is 14.4 Å². The fraction of sp³-hybridized carbons (Fsp3) is 0.433. The predicted octanol–water partition coefficient (Wildman–Crippen LogP) is 6.20. The van der Waals surface area contributed by atoms with Crippen LogP contribution < -0.4 is 0 Å². The lowest BCUT2D eigenvalue weighted by Gasteiger charge is -2.29. The van der Waals surface area contributed by atoms with Crippen LogP contribution in [0.4, 0.5) is 9.59 Å². The maximum Gasteiger partial charge on any atom is 0.416 e. The lowest BCUT2D eigenvalue weighted by molar-refractivity contribution is -0.135. The first-order valence-electron chi connectivity index (χ1n) is 13.3. The number of hydrogen-bond donors (Lipinski definition) is 0. The number of halogens is 1. The summed E-state index contributed by atoms with van der Waals surface area (Å²) in [6.45, 7) is 6.51. The Balaban J connectivity index is 1.43. The topological polar surface area (TPSA) is 89.3 Å². The number of benzene rings is 2. The number of carbonyl (C=O) groups is 3. The smallest absolute Gasteiger partial charge is 0.416 e. The number of hydrogen-bond acceptors (Lipinski definition) is 6. The summed E-state index contributed by atoms with van der Waals surface area (Å²) in [4.78, 5) is 42.9. The van der Waals surface area contributed by atoms with E-state index >= 15 is 0 Å². The molecule has 2 aliphatic rings. The molecule has 2 aliphatic heterocycles. The van der Waals surface area contributed by atoms with Crippen molar-refractivity contribution in [3.8, 4) is 0 Å². The third-order valence-corrected chi connectivity index (χ3v) is 7.82.